The molecule has 2 atom stereocenters. The quantitative estimate of drug-likeness (QED) is 0.0284. The number of allylic oxidation sites excluding steroid dienone is 6. The van der Waals surface area contributed by atoms with Gasteiger partial charge in [-0.2, -0.15) is 0 Å². The second-order valence-electron chi connectivity index (χ2n) is 14.5. The van der Waals surface area contributed by atoms with Crippen molar-refractivity contribution in [3.05, 3.63) is 36.5 Å². The van der Waals surface area contributed by atoms with Gasteiger partial charge in [0.1, 0.15) is 6.61 Å². The van der Waals surface area contributed by atoms with Crippen LogP contribution in [0.2, 0.25) is 0 Å². The number of carbonyl (C=O) groups excluding carboxylic acids is 2. The van der Waals surface area contributed by atoms with Crippen molar-refractivity contribution in [3.8, 4) is 0 Å². The van der Waals surface area contributed by atoms with Gasteiger partial charge in [0.2, 0.25) is 0 Å². The second-order valence-corrected chi connectivity index (χ2v) is 16.0. The average molecular weight is 769 g/mol. The molecule has 9 heteroatoms. The third-order valence-corrected chi connectivity index (χ3v) is 10.3. The lowest BCUT2D eigenvalue weighted by molar-refractivity contribution is -0.161. The number of phosphoric acid groups is 1. The van der Waals surface area contributed by atoms with Gasteiger partial charge in [-0.25, -0.2) is 4.57 Å². The molecule has 0 heterocycles. The first-order chi connectivity index (χ1) is 25.8. The van der Waals surface area contributed by atoms with Crippen molar-refractivity contribution in [1.82, 2.24) is 0 Å². The minimum Gasteiger partial charge on any atom is -0.462 e. The summed E-state index contributed by atoms with van der Waals surface area (Å²) in [7, 11) is -3.20. The number of carbonyl (C=O) groups is 2. The van der Waals surface area contributed by atoms with Crippen LogP contribution in [0.4, 0.5) is 0 Å². The highest BCUT2D eigenvalue weighted by Gasteiger charge is 2.24. The maximum Gasteiger partial charge on any atom is 0.472 e. The van der Waals surface area contributed by atoms with E-state index in [2.05, 4.69) is 54.8 Å². The number of ether oxygens (including phenoxy) is 2. The molecular weight excluding hydrogens is 687 g/mol. The van der Waals surface area contributed by atoms with Gasteiger partial charge in [0.15, 0.2) is 6.10 Å². The standard InChI is InChI=1S/C44H81O8P/c1-4-6-8-10-12-14-16-18-20-22-23-25-27-29-31-33-35-37-39-44(46)52-42(41-51-53(47,48)49-3)40-50-43(45)38-36-34-32-30-28-26-24-21-19-17-15-13-11-9-7-5-2/h14,16,20-22,24,42H,4-13,15,17-19,23,25-41H2,1-3H3,(H,47,48)/b16-14-,22-20-,24-21-. The molecule has 0 aromatic rings. The topological polar surface area (TPSA) is 108 Å². The van der Waals surface area contributed by atoms with E-state index in [1.807, 2.05) is 0 Å². The molecule has 0 aliphatic carbocycles. The third kappa shape index (κ3) is 39.8. The van der Waals surface area contributed by atoms with E-state index in [9.17, 15) is 19.0 Å². The summed E-state index contributed by atoms with van der Waals surface area (Å²) in [5, 5.41) is 0. The lowest BCUT2D eigenvalue weighted by atomic mass is 10.1. The molecule has 0 saturated carbocycles. The molecule has 0 bridgehead atoms. The van der Waals surface area contributed by atoms with E-state index in [-0.39, 0.29) is 25.4 Å². The molecule has 53 heavy (non-hydrogen) atoms. The minimum absolute atomic E-state index is 0.232. The van der Waals surface area contributed by atoms with E-state index in [4.69, 9.17) is 14.0 Å². The normalized spacial score (nSPS) is 13.7. The van der Waals surface area contributed by atoms with Crippen LogP contribution in [0.15, 0.2) is 36.5 Å². The molecule has 0 fully saturated rings. The van der Waals surface area contributed by atoms with E-state index < -0.39 is 26.5 Å². The highest BCUT2D eigenvalue weighted by molar-refractivity contribution is 7.47. The Bertz CT molecular complexity index is 963. The Labute approximate surface area is 325 Å². The monoisotopic (exact) mass is 769 g/mol. The van der Waals surface area contributed by atoms with Crippen LogP contribution in [0.25, 0.3) is 0 Å². The Morgan fingerprint density at radius 1 is 0.528 bits per heavy atom. The lowest BCUT2D eigenvalue weighted by Gasteiger charge is -2.19. The first-order valence-corrected chi connectivity index (χ1v) is 23.2. The molecule has 0 amide bonds. The van der Waals surface area contributed by atoms with Crippen molar-refractivity contribution in [2.24, 2.45) is 0 Å². The number of rotatable bonds is 40. The van der Waals surface area contributed by atoms with E-state index in [1.165, 1.54) is 103 Å². The van der Waals surface area contributed by atoms with Crippen molar-refractivity contribution in [1.29, 1.82) is 0 Å². The molecule has 0 aliphatic rings. The number of unbranched alkanes of at least 4 members (excludes halogenated alkanes) is 23. The van der Waals surface area contributed by atoms with Crippen LogP contribution in [-0.4, -0.2) is 43.3 Å². The Morgan fingerprint density at radius 2 is 0.906 bits per heavy atom. The van der Waals surface area contributed by atoms with Crippen LogP contribution in [0, 0.1) is 0 Å². The van der Waals surface area contributed by atoms with Gasteiger partial charge in [-0.15, -0.1) is 0 Å². The summed E-state index contributed by atoms with van der Waals surface area (Å²) < 4.78 is 32.0. The number of esters is 2. The molecule has 0 aromatic heterocycles. The van der Waals surface area contributed by atoms with Crippen LogP contribution < -0.4 is 0 Å². The fraction of sp³-hybridized carbons (Fsp3) is 0.818. The van der Waals surface area contributed by atoms with E-state index in [1.54, 1.807) is 0 Å². The summed E-state index contributed by atoms with van der Waals surface area (Å²) in [6.07, 6.45) is 46.2. The predicted octanol–water partition coefficient (Wildman–Crippen LogP) is 13.6. The number of hydrogen-bond acceptors (Lipinski definition) is 7. The maximum absolute atomic E-state index is 12.5. The summed E-state index contributed by atoms with van der Waals surface area (Å²) >= 11 is 0. The molecule has 1 N–H and O–H groups in total. The fourth-order valence-corrected chi connectivity index (χ4v) is 6.44. The van der Waals surface area contributed by atoms with Gasteiger partial charge >= 0.3 is 19.8 Å². The van der Waals surface area contributed by atoms with Crippen molar-refractivity contribution in [3.63, 3.8) is 0 Å². The third-order valence-electron chi connectivity index (χ3n) is 9.36. The number of hydrogen-bond donors (Lipinski definition) is 1. The highest BCUT2D eigenvalue weighted by Crippen LogP contribution is 2.42. The van der Waals surface area contributed by atoms with Gasteiger partial charge < -0.3 is 14.4 Å². The summed E-state index contributed by atoms with van der Waals surface area (Å²) in [4.78, 5) is 34.5. The van der Waals surface area contributed by atoms with Gasteiger partial charge in [0, 0.05) is 20.0 Å². The van der Waals surface area contributed by atoms with Gasteiger partial charge in [-0.1, -0.05) is 159 Å². The summed E-state index contributed by atoms with van der Waals surface area (Å²) in [6.45, 7) is 3.86. The SMILES string of the molecule is CCCCCC/C=C\C/C=C\CCCCCCCCCC(=O)OC(COC(=O)CCCCCCC/C=C\CCCCCCCCC)COP(=O)(O)OC. The van der Waals surface area contributed by atoms with Gasteiger partial charge in [-0.05, 0) is 70.6 Å². The van der Waals surface area contributed by atoms with Gasteiger partial charge in [0.25, 0.3) is 0 Å². The first-order valence-electron chi connectivity index (χ1n) is 21.7. The molecule has 0 aromatic carbocycles. The maximum atomic E-state index is 12.5. The Morgan fingerprint density at radius 3 is 1.36 bits per heavy atom. The van der Waals surface area contributed by atoms with E-state index in [0.717, 1.165) is 77.7 Å². The van der Waals surface area contributed by atoms with Crippen LogP contribution >= 0.6 is 7.82 Å². The summed E-state index contributed by atoms with van der Waals surface area (Å²) in [6, 6.07) is 0. The summed E-state index contributed by atoms with van der Waals surface area (Å²) in [5.74, 6) is -0.819. The largest absolute Gasteiger partial charge is 0.472 e. The van der Waals surface area contributed by atoms with Crippen LogP contribution in [-0.2, 0) is 32.7 Å². The molecule has 0 saturated heterocycles. The Balaban J connectivity index is 4.02. The fourth-order valence-electron chi connectivity index (χ4n) is 5.98. The van der Waals surface area contributed by atoms with Crippen molar-refractivity contribution >= 4 is 19.8 Å². The molecule has 8 nitrogen and oxygen atoms in total. The van der Waals surface area contributed by atoms with Gasteiger partial charge in [-0.3, -0.25) is 18.6 Å². The van der Waals surface area contributed by atoms with Crippen molar-refractivity contribution in [2.75, 3.05) is 20.3 Å². The van der Waals surface area contributed by atoms with Crippen LogP contribution in [0.3, 0.4) is 0 Å². The average Bonchev–Trinajstić information content (AvgIpc) is 3.15. The second kappa shape index (κ2) is 39.9. The van der Waals surface area contributed by atoms with E-state index in [0.29, 0.717) is 6.42 Å². The molecule has 0 radical (unpaired) electrons. The lowest BCUT2D eigenvalue weighted by Crippen LogP contribution is -2.29. The highest BCUT2D eigenvalue weighted by atomic mass is 31.2. The Hall–Kier alpha value is -1.73. The smallest absolute Gasteiger partial charge is 0.462 e. The van der Waals surface area contributed by atoms with Crippen molar-refractivity contribution < 1.29 is 37.6 Å². The minimum atomic E-state index is -4.26. The zero-order valence-corrected chi connectivity index (χ0v) is 35.3. The Kier molecular flexibility index (Phi) is 38.6. The summed E-state index contributed by atoms with van der Waals surface area (Å²) in [5.41, 5.74) is 0. The predicted molar refractivity (Wildman–Crippen MR) is 221 cm³/mol. The molecule has 0 rings (SSSR count). The van der Waals surface area contributed by atoms with E-state index >= 15 is 0 Å². The van der Waals surface area contributed by atoms with Gasteiger partial charge in [0.05, 0.1) is 6.61 Å². The molecule has 0 spiro atoms. The van der Waals surface area contributed by atoms with Crippen molar-refractivity contribution in [2.45, 2.75) is 213 Å². The molecular formula is C44H81O8P. The number of phosphoric ester groups is 1. The first kappa shape index (κ1) is 51.3. The zero-order valence-electron chi connectivity index (χ0n) is 34.4. The zero-order chi connectivity index (χ0) is 38.9. The molecule has 0 aliphatic heterocycles. The molecule has 2 unspecified atom stereocenters. The van der Waals surface area contributed by atoms with Crippen LogP contribution in [0.5, 0.6) is 0 Å². The van der Waals surface area contributed by atoms with Crippen LogP contribution in [0.1, 0.15) is 206 Å². The molecule has 310 valence electrons.